The molecule has 1 fully saturated rings. The van der Waals surface area contributed by atoms with Crippen LogP contribution in [0, 0.1) is 5.92 Å². The number of rotatable bonds is 6. The van der Waals surface area contributed by atoms with Gasteiger partial charge in [0, 0.05) is 12.0 Å². The number of Topliss-reactive ketones (excluding diaryl/α,β-unsaturated/α-hetero) is 1. The van der Waals surface area contributed by atoms with Crippen molar-refractivity contribution in [3.8, 4) is 5.75 Å². The van der Waals surface area contributed by atoms with E-state index < -0.39 is 0 Å². The van der Waals surface area contributed by atoms with Gasteiger partial charge in [0.15, 0.2) is 12.4 Å². The van der Waals surface area contributed by atoms with Crippen LogP contribution >= 0.6 is 0 Å². The molecule has 0 spiro atoms. The lowest BCUT2D eigenvalue weighted by molar-refractivity contribution is -0.143. The Hall–Kier alpha value is -1.84. The molecule has 0 saturated heterocycles. The monoisotopic (exact) mass is 276 g/mol. The Labute approximate surface area is 119 Å². The molecule has 0 N–H and O–H groups in total. The molecule has 0 aromatic heterocycles. The maximum Gasteiger partial charge on any atom is 0.306 e. The maximum absolute atomic E-state index is 11.9. The smallest absolute Gasteiger partial charge is 0.306 e. The molecule has 0 amide bonds. The maximum atomic E-state index is 11.9. The lowest BCUT2D eigenvalue weighted by atomic mass is 10.0. The van der Waals surface area contributed by atoms with Gasteiger partial charge in [-0.05, 0) is 43.0 Å². The average Bonchev–Trinajstić information content (AvgIpc) is 2.97. The van der Waals surface area contributed by atoms with Crippen LogP contribution in [0.2, 0.25) is 0 Å². The summed E-state index contributed by atoms with van der Waals surface area (Å²) in [5.74, 6) is 0.685. The van der Waals surface area contributed by atoms with Crippen molar-refractivity contribution in [1.82, 2.24) is 0 Å². The highest BCUT2D eigenvalue weighted by Crippen LogP contribution is 2.27. The fraction of sp³-hybridized carbons (Fsp3) is 0.500. The highest BCUT2D eigenvalue weighted by molar-refractivity contribution is 5.98. The molecular formula is C16H20O4. The number of methoxy groups -OCH3 is 1. The van der Waals surface area contributed by atoms with Crippen LogP contribution in [-0.4, -0.2) is 25.5 Å². The molecule has 1 saturated carbocycles. The van der Waals surface area contributed by atoms with Crippen LogP contribution in [0.5, 0.6) is 5.75 Å². The highest BCUT2D eigenvalue weighted by Gasteiger charge is 2.19. The number of benzene rings is 1. The number of esters is 1. The number of ketones is 1. The molecule has 0 heterocycles. The minimum Gasteiger partial charge on any atom is -0.497 e. The second-order valence-electron chi connectivity index (χ2n) is 5.17. The quantitative estimate of drug-likeness (QED) is 0.592. The summed E-state index contributed by atoms with van der Waals surface area (Å²) in [5, 5.41) is 0. The van der Waals surface area contributed by atoms with E-state index in [9.17, 15) is 9.59 Å². The van der Waals surface area contributed by atoms with Gasteiger partial charge in [0.25, 0.3) is 0 Å². The normalized spacial score (nSPS) is 15.1. The predicted molar refractivity (Wildman–Crippen MR) is 74.9 cm³/mol. The highest BCUT2D eigenvalue weighted by atomic mass is 16.5. The lowest BCUT2D eigenvalue weighted by Gasteiger charge is -2.08. The molecule has 4 heteroatoms. The Morgan fingerprint density at radius 1 is 1.15 bits per heavy atom. The van der Waals surface area contributed by atoms with Gasteiger partial charge in [0.1, 0.15) is 5.75 Å². The molecule has 0 atom stereocenters. The van der Waals surface area contributed by atoms with Gasteiger partial charge >= 0.3 is 5.97 Å². The van der Waals surface area contributed by atoms with E-state index in [0.717, 1.165) is 12.8 Å². The molecule has 0 bridgehead atoms. The van der Waals surface area contributed by atoms with E-state index in [1.165, 1.54) is 12.8 Å². The van der Waals surface area contributed by atoms with Crippen molar-refractivity contribution in [3.05, 3.63) is 29.8 Å². The third-order valence-electron chi connectivity index (χ3n) is 3.71. The van der Waals surface area contributed by atoms with E-state index in [1.54, 1.807) is 31.4 Å². The van der Waals surface area contributed by atoms with Gasteiger partial charge < -0.3 is 9.47 Å². The first kappa shape index (κ1) is 14.6. The summed E-state index contributed by atoms with van der Waals surface area (Å²) in [6, 6.07) is 6.78. The van der Waals surface area contributed by atoms with Crippen LogP contribution in [-0.2, 0) is 9.53 Å². The van der Waals surface area contributed by atoms with Crippen molar-refractivity contribution in [2.75, 3.05) is 13.7 Å². The fourth-order valence-corrected chi connectivity index (χ4v) is 2.52. The van der Waals surface area contributed by atoms with E-state index in [-0.39, 0.29) is 18.4 Å². The Morgan fingerprint density at radius 2 is 1.80 bits per heavy atom. The van der Waals surface area contributed by atoms with Crippen molar-refractivity contribution in [3.63, 3.8) is 0 Å². The third kappa shape index (κ3) is 4.08. The Kier molecular flexibility index (Phi) is 5.16. The molecule has 0 radical (unpaired) electrons. The zero-order valence-electron chi connectivity index (χ0n) is 11.8. The zero-order chi connectivity index (χ0) is 14.4. The standard InChI is InChI=1S/C16H20O4/c1-19-14-8-6-13(7-9-14)15(17)11-20-16(18)10-12-4-2-3-5-12/h6-9,12H,2-5,10-11H2,1H3. The van der Waals surface area contributed by atoms with Gasteiger partial charge in [0.2, 0.25) is 0 Å². The number of carbonyl (C=O) groups is 2. The predicted octanol–water partition coefficient (Wildman–Crippen LogP) is 3.00. The molecule has 0 unspecified atom stereocenters. The minimum atomic E-state index is -0.265. The van der Waals surface area contributed by atoms with E-state index in [4.69, 9.17) is 9.47 Å². The fourth-order valence-electron chi connectivity index (χ4n) is 2.52. The summed E-state index contributed by atoms with van der Waals surface area (Å²) in [7, 11) is 1.57. The third-order valence-corrected chi connectivity index (χ3v) is 3.71. The number of hydrogen-bond acceptors (Lipinski definition) is 4. The molecule has 1 aromatic carbocycles. The van der Waals surface area contributed by atoms with Gasteiger partial charge in [-0.2, -0.15) is 0 Å². The van der Waals surface area contributed by atoms with Crippen molar-refractivity contribution >= 4 is 11.8 Å². The van der Waals surface area contributed by atoms with Crippen molar-refractivity contribution in [1.29, 1.82) is 0 Å². The van der Waals surface area contributed by atoms with E-state index in [0.29, 0.717) is 23.7 Å². The molecule has 0 aliphatic heterocycles. The van der Waals surface area contributed by atoms with Crippen molar-refractivity contribution in [2.24, 2.45) is 5.92 Å². The number of ether oxygens (including phenoxy) is 2. The molecule has 1 aliphatic rings. The Bertz CT molecular complexity index is 458. The van der Waals surface area contributed by atoms with E-state index >= 15 is 0 Å². The van der Waals surface area contributed by atoms with Crippen LogP contribution in [0.1, 0.15) is 42.5 Å². The number of carbonyl (C=O) groups excluding carboxylic acids is 2. The summed E-state index contributed by atoms with van der Waals surface area (Å²) in [5.41, 5.74) is 0.527. The Morgan fingerprint density at radius 3 is 2.40 bits per heavy atom. The van der Waals surface area contributed by atoms with E-state index in [1.807, 2.05) is 0 Å². The molecule has 20 heavy (non-hydrogen) atoms. The Balaban J connectivity index is 1.77. The van der Waals surface area contributed by atoms with Crippen molar-refractivity contribution in [2.45, 2.75) is 32.1 Å². The second kappa shape index (κ2) is 7.08. The molecular weight excluding hydrogens is 256 g/mol. The summed E-state index contributed by atoms with van der Waals surface area (Å²) < 4.78 is 10.1. The average molecular weight is 276 g/mol. The first-order valence-corrected chi connectivity index (χ1v) is 7.02. The van der Waals surface area contributed by atoms with Crippen LogP contribution in [0.3, 0.4) is 0 Å². The summed E-state index contributed by atoms with van der Waals surface area (Å²) in [4.78, 5) is 23.5. The molecule has 1 aromatic rings. The molecule has 2 rings (SSSR count). The SMILES string of the molecule is COc1ccc(C(=O)COC(=O)CC2CCCC2)cc1. The molecule has 108 valence electrons. The van der Waals surface area contributed by atoms with Crippen LogP contribution in [0.25, 0.3) is 0 Å². The van der Waals surface area contributed by atoms with Gasteiger partial charge in [-0.15, -0.1) is 0 Å². The summed E-state index contributed by atoms with van der Waals surface area (Å²) >= 11 is 0. The van der Waals surface area contributed by atoms with Gasteiger partial charge in [0.05, 0.1) is 7.11 Å². The number of hydrogen-bond donors (Lipinski definition) is 0. The zero-order valence-corrected chi connectivity index (χ0v) is 11.8. The van der Waals surface area contributed by atoms with Crippen LogP contribution < -0.4 is 4.74 Å². The van der Waals surface area contributed by atoms with Gasteiger partial charge in [-0.3, -0.25) is 9.59 Å². The topological polar surface area (TPSA) is 52.6 Å². The van der Waals surface area contributed by atoms with Crippen molar-refractivity contribution < 1.29 is 19.1 Å². The second-order valence-corrected chi connectivity index (χ2v) is 5.17. The first-order valence-electron chi connectivity index (χ1n) is 7.02. The molecule has 1 aliphatic carbocycles. The lowest BCUT2D eigenvalue weighted by Crippen LogP contribution is -2.16. The van der Waals surface area contributed by atoms with Gasteiger partial charge in [-0.25, -0.2) is 0 Å². The molecule has 4 nitrogen and oxygen atoms in total. The van der Waals surface area contributed by atoms with E-state index in [2.05, 4.69) is 0 Å². The van der Waals surface area contributed by atoms with Crippen LogP contribution in [0.15, 0.2) is 24.3 Å². The largest absolute Gasteiger partial charge is 0.497 e. The minimum absolute atomic E-state index is 0.183. The van der Waals surface area contributed by atoms with Gasteiger partial charge in [-0.1, -0.05) is 12.8 Å². The van der Waals surface area contributed by atoms with Crippen LogP contribution in [0.4, 0.5) is 0 Å². The summed E-state index contributed by atoms with van der Waals surface area (Å²) in [6.07, 6.45) is 5.03. The summed E-state index contributed by atoms with van der Waals surface area (Å²) in [6.45, 7) is -0.183. The first-order chi connectivity index (χ1) is 9.69.